The Hall–Kier alpha value is -1.51. The summed E-state index contributed by atoms with van der Waals surface area (Å²) in [4.78, 5) is 11.8. The molecule has 118 valence electrons. The summed E-state index contributed by atoms with van der Waals surface area (Å²) < 4.78 is 0. The highest BCUT2D eigenvalue weighted by Crippen LogP contribution is 2.15. The number of carbonyl (C=O) groups is 1. The number of aliphatic hydroxyl groups is 4. The van der Waals surface area contributed by atoms with Gasteiger partial charge in [0.25, 0.3) is 0 Å². The summed E-state index contributed by atoms with van der Waals surface area (Å²) in [6.45, 7) is -1.01. The largest absolute Gasteiger partial charge is 0.508 e. The van der Waals surface area contributed by atoms with Crippen molar-refractivity contribution in [2.24, 2.45) is 0 Å². The number of rotatable bonds is 9. The van der Waals surface area contributed by atoms with Gasteiger partial charge < -0.3 is 30.8 Å². The first kappa shape index (κ1) is 17.5. The molecule has 1 rings (SSSR count). The van der Waals surface area contributed by atoms with Crippen LogP contribution in [0.3, 0.4) is 0 Å². The molecule has 0 saturated carbocycles. The van der Waals surface area contributed by atoms with E-state index in [2.05, 4.69) is 5.32 Å². The molecule has 0 amide bonds. The lowest BCUT2D eigenvalue weighted by Crippen LogP contribution is -2.50. The minimum absolute atomic E-state index is 0.141. The highest BCUT2D eigenvalue weighted by Gasteiger charge is 2.29. The smallest absolute Gasteiger partial charge is 0.183 e. The van der Waals surface area contributed by atoms with Crippen LogP contribution >= 0.6 is 0 Å². The van der Waals surface area contributed by atoms with Crippen molar-refractivity contribution in [3.8, 4) is 5.75 Å². The van der Waals surface area contributed by atoms with Crippen molar-refractivity contribution < 1.29 is 30.3 Å². The second kappa shape index (κ2) is 8.71. The first-order valence-corrected chi connectivity index (χ1v) is 6.63. The van der Waals surface area contributed by atoms with Crippen molar-refractivity contribution in [1.82, 2.24) is 5.32 Å². The van der Waals surface area contributed by atoms with Gasteiger partial charge in [0.05, 0.1) is 19.3 Å². The molecule has 6 N–H and O–H groups in total. The summed E-state index contributed by atoms with van der Waals surface area (Å²) in [6, 6.07) is 5.69. The topological polar surface area (TPSA) is 130 Å². The molecule has 0 heterocycles. The van der Waals surface area contributed by atoms with E-state index in [9.17, 15) is 20.1 Å². The minimum atomic E-state index is -1.76. The lowest BCUT2D eigenvalue weighted by Gasteiger charge is -2.21. The molecule has 7 nitrogen and oxygen atoms in total. The third kappa shape index (κ3) is 5.07. The van der Waals surface area contributed by atoms with Gasteiger partial charge in [-0.2, -0.15) is 0 Å². The molecule has 21 heavy (non-hydrogen) atoms. The summed E-state index contributed by atoms with van der Waals surface area (Å²) in [5, 5.41) is 48.9. The van der Waals surface area contributed by atoms with Crippen LogP contribution in [0.4, 0.5) is 0 Å². The predicted octanol–water partition coefficient (Wildman–Crippen LogP) is -1.83. The van der Waals surface area contributed by atoms with Crippen LogP contribution in [-0.4, -0.2) is 69.3 Å². The van der Waals surface area contributed by atoms with Gasteiger partial charge in [-0.1, -0.05) is 18.2 Å². The molecule has 0 saturated heterocycles. The number of phenols is 1. The van der Waals surface area contributed by atoms with Crippen molar-refractivity contribution in [3.05, 3.63) is 29.8 Å². The maximum atomic E-state index is 11.8. The number of para-hydroxylation sites is 1. The van der Waals surface area contributed by atoms with Crippen LogP contribution < -0.4 is 5.32 Å². The Morgan fingerprint density at radius 3 is 2.38 bits per heavy atom. The van der Waals surface area contributed by atoms with Crippen molar-refractivity contribution in [2.45, 2.75) is 24.7 Å². The zero-order valence-electron chi connectivity index (χ0n) is 11.5. The Balaban J connectivity index is 2.51. The molecular formula is C14H21NO6. The van der Waals surface area contributed by atoms with E-state index in [-0.39, 0.29) is 12.3 Å². The fourth-order valence-corrected chi connectivity index (χ4v) is 1.85. The number of hydrogen-bond acceptors (Lipinski definition) is 7. The summed E-state index contributed by atoms with van der Waals surface area (Å²) >= 11 is 0. The van der Waals surface area contributed by atoms with E-state index < -0.39 is 37.2 Å². The van der Waals surface area contributed by atoms with Crippen molar-refractivity contribution in [3.63, 3.8) is 0 Å². The van der Waals surface area contributed by atoms with E-state index in [1.807, 2.05) is 0 Å². The monoisotopic (exact) mass is 299 g/mol. The van der Waals surface area contributed by atoms with Gasteiger partial charge in [0.15, 0.2) is 5.78 Å². The molecule has 0 aromatic heterocycles. The first-order chi connectivity index (χ1) is 10.0. The van der Waals surface area contributed by atoms with Crippen LogP contribution in [0.15, 0.2) is 24.3 Å². The van der Waals surface area contributed by atoms with Crippen LogP contribution in [0.1, 0.15) is 5.56 Å². The molecular weight excluding hydrogens is 278 g/mol. The number of phenolic OH excluding ortho intramolecular Hbond substituents is 1. The van der Waals surface area contributed by atoms with Crippen LogP contribution in [0.25, 0.3) is 0 Å². The molecule has 1 aromatic carbocycles. The molecule has 0 radical (unpaired) electrons. The number of aromatic hydroxyl groups is 1. The third-order valence-electron chi connectivity index (χ3n) is 3.15. The Kier molecular flexibility index (Phi) is 7.27. The zero-order valence-corrected chi connectivity index (χ0v) is 11.5. The number of carbonyl (C=O) groups excluding carboxylic acids is 1. The lowest BCUT2D eigenvalue weighted by molar-refractivity contribution is -0.137. The van der Waals surface area contributed by atoms with E-state index >= 15 is 0 Å². The number of hydrogen-bond donors (Lipinski definition) is 6. The van der Waals surface area contributed by atoms with Crippen molar-refractivity contribution in [2.75, 3.05) is 19.8 Å². The maximum Gasteiger partial charge on any atom is 0.183 e. The van der Waals surface area contributed by atoms with Crippen LogP contribution in [0, 0.1) is 0 Å². The van der Waals surface area contributed by atoms with Gasteiger partial charge in [-0.05, 0) is 18.1 Å². The van der Waals surface area contributed by atoms with Gasteiger partial charge in [-0.3, -0.25) is 4.79 Å². The van der Waals surface area contributed by atoms with E-state index in [1.54, 1.807) is 24.3 Å². The SMILES string of the molecule is O=C([C@@H](CO)NCCc1ccccc1O)[C@H](O)[C@H](O)CO. The molecule has 0 bridgehead atoms. The second-order valence-electron chi connectivity index (χ2n) is 4.67. The number of Topliss-reactive ketones (excluding diaryl/α,β-unsaturated/α-hetero) is 1. The molecule has 0 aliphatic carbocycles. The van der Waals surface area contributed by atoms with E-state index in [0.29, 0.717) is 12.0 Å². The number of aliphatic hydroxyl groups excluding tert-OH is 4. The van der Waals surface area contributed by atoms with Gasteiger partial charge >= 0.3 is 0 Å². The average Bonchev–Trinajstić information content (AvgIpc) is 2.51. The molecule has 0 spiro atoms. The van der Waals surface area contributed by atoms with Crippen LogP contribution in [0.5, 0.6) is 5.75 Å². The quantitative estimate of drug-likeness (QED) is 0.316. The molecule has 0 fully saturated rings. The average molecular weight is 299 g/mol. The highest BCUT2D eigenvalue weighted by atomic mass is 16.4. The van der Waals surface area contributed by atoms with Gasteiger partial charge in [-0.15, -0.1) is 0 Å². The van der Waals surface area contributed by atoms with E-state index in [4.69, 9.17) is 10.2 Å². The lowest BCUT2D eigenvalue weighted by atomic mass is 10.0. The second-order valence-corrected chi connectivity index (χ2v) is 4.67. The van der Waals surface area contributed by atoms with E-state index in [1.165, 1.54) is 0 Å². The molecule has 0 aliphatic heterocycles. The molecule has 1 aromatic rings. The first-order valence-electron chi connectivity index (χ1n) is 6.63. The molecule has 0 unspecified atom stereocenters. The number of nitrogens with one attached hydrogen (secondary N) is 1. The number of ketones is 1. The van der Waals surface area contributed by atoms with E-state index in [0.717, 1.165) is 0 Å². The normalized spacial score (nSPS) is 15.4. The Morgan fingerprint density at radius 2 is 1.81 bits per heavy atom. The van der Waals surface area contributed by atoms with Gasteiger partial charge in [-0.25, -0.2) is 0 Å². The highest BCUT2D eigenvalue weighted by molar-refractivity contribution is 5.88. The van der Waals surface area contributed by atoms with Crippen molar-refractivity contribution >= 4 is 5.78 Å². The third-order valence-corrected chi connectivity index (χ3v) is 3.15. The van der Waals surface area contributed by atoms with Crippen LogP contribution in [-0.2, 0) is 11.2 Å². The fraction of sp³-hybridized carbons (Fsp3) is 0.500. The molecule has 0 aliphatic rings. The molecule has 7 heteroatoms. The summed E-state index contributed by atoms with van der Waals surface area (Å²) in [5.41, 5.74) is 0.685. The fourth-order valence-electron chi connectivity index (χ4n) is 1.85. The minimum Gasteiger partial charge on any atom is -0.508 e. The standard InChI is InChI=1S/C14H21NO6/c16-7-10(13(20)14(21)12(19)8-17)15-6-5-9-3-1-2-4-11(9)18/h1-4,10,12,14-19,21H,5-8H2/t10-,12-,14-/m1/s1. The Morgan fingerprint density at radius 1 is 1.14 bits per heavy atom. The predicted molar refractivity (Wildman–Crippen MR) is 74.8 cm³/mol. The summed E-state index contributed by atoms with van der Waals surface area (Å²) in [6.07, 6.45) is -2.91. The summed E-state index contributed by atoms with van der Waals surface area (Å²) in [7, 11) is 0. The van der Waals surface area contributed by atoms with Gasteiger partial charge in [0.2, 0.25) is 0 Å². The molecule has 3 atom stereocenters. The van der Waals surface area contributed by atoms with Gasteiger partial charge in [0.1, 0.15) is 18.0 Å². The zero-order chi connectivity index (χ0) is 15.8. The van der Waals surface area contributed by atoms with Crippen LogP contribution in [0.2, 0.25) is 0 Å². The van der Waals surface area contributed by atoms with Crippen molar-refractivity contribution in [1.29, 1.82) is 0 Å². The Labute approximate surface area is 122 Å². The van der Waals surface area contributed by atoms with Gasteiger partial charge in [0, 0.05) is 6.54 Å². The summed E-state index contributed by atoms with van der Waals surface area (Å²) in [5.74, 6) is -0.654. The Bertz CT molecular complexity index is 453. The maximum absolute atomic E-state index is 11.8. The number of benzene rings is 1.